The molecule has 0 aliphatic heterocycles. The summed E-state index contributed by atoms with van der Waals surface area (Å²) >= 11 is 3.35. The molecule has 0 unspecified atom stereocenters. The van der Waals surface area contributed by atoms with Crippen molar-refractivity contribution in [1.29, 1.82) is 0 Å². The number of aromatic nitrogens is 1. The van der Waals surface area contributed by atoms with Gasteiger partial charge in [0, 0.05) is 12.5 Å². The van der Waals surface area contributed by atoms with Gasteiger partial charge in [-0.15, -0.1) is 0 Å². The summed E-state index contributed by atoms with van der Waals surface area (Å²) in [6.07, 6.45) is 3.20. The van der Waals surface area contributed by atoms with Crippen molar-refractivity contribution >= 4 is 22.0 Å². The Labute approximate surface area is 80.2 Å². The summed E-state index contributed by atoms with van der Waals surface area (Å²) in [6.45, 7) is 7.36. The van der Waals surface area contributed by atoms with Crippen LogP contribution in [0.1, 0.15) is 16.8 Å². The lowest BCUT2D eigenvalue weighted by molar-refractivity contribution is -0.613. The second-order valence-electron chi connectivity index (χ2n) is 2.64. The van der Waals surface area contributed by atoms with Crippen LogP contribution in [-0.2, 0) is 0 Å². The molecule has 1 aromatic heterocycles. The van der Waals surface area contributed by atoms with Gasteiger partial charge in [0.2, 0.25) is 5.69 Å². The highest BCUT2D eigenvalue weighted by Gasteiger charge is 2.11. The van der Waals surface area contributed by atoms with Crippen LogP contribution in [0.25, 0.3) is 6.08 Å². The van der Waals surface area contributed by atoms with E-state index in [0.717, 1.165) is 20.3 Å². The van der Waals surface area contributed by atoms with Crippen molar-refractivity contribution in [3.05, 3.63) is 39.3 Å². The molecular formula is C9H10BrNO. The van der Waals surface area contributed by atoms with Crippen molar-refractivity contribution in [1.82, 2.24) is 0 Å². The molecule has 0 fully saturated rings. The Balaban J connectivity index is 3.49. The quantitative estimate of drug-likeness (QED) is 0.535. The van der Waals surface area contributed by atoms with Crippen LogP contribution < -0.4 is 4.73 Å². The van der Waals surface area contributed by atoms with Crippen LogP contribution in [0.4, 0.5) is 0 Å². The van der Waals surface area contributed by atoms with Crippen LogP contribution >= 0.6 is 15.9 Å². The van der Waals surface area contributed by atoms with Crippen molar-refractivity contribution in [2.45, 2.75) is 13.8 Å². The molecular weight excluding hydrogens is 218 g/mol. The Morgan fingerprint density at radius 1 is 1.58 bits per heavy atom. The molecule has 3 heteroatoms. The van der Waals surface area contributed by atoms with E-state index in [1.165, 1.54) is 6.20 Å². The molecule has 0 aliphatic carbocycles. The highest BCUT2D eigenvalue weighted by atomic mass is 79.9. The van der Waals surface area contributed by atoms with Crippen LogP contribution in [0.3, 0.4) is 0 Å². The van der Waals surface area contributed by atoms with Gasteiger partial charge in [0.05, 0.1) is 4.47 Å². The van der Waals surface area contributed by atoms with Gasteiger partial charge in [-0.1, -0.05) is 12.7 Å². The number of hydrogen-bond donors (Lipinski definition) is 0. The first-order chi connectivity index (χ1) is 5.57. The van der Waals surface area contributed by atoms with Crippen molar-refractivity contribution in [2.24, 2.45) is 0 Å². The summed E-state index contributed by atoms with van der Waals surface area (Å²) in [5, 5.41) is 11.2. The van der Waals surface area contributed by atoms with Crippen molar-refractivity contribution < 1.29 is 4.73 Å². The molecule has 1 aromatic rings. The van der Waals surface area contributed by atoms with Gasteiger partial charge in [0.1, 0.15) is 0 Å². The normalized spacial score (nSPS) is 9.92. The lowest BCUT2D eigenvalue weighted by Crippen LogP contribution is -2.30. The van der Waals surface area contributed by atoms with E-state index in [-0.39, 0.29) is 0 Å². The van der Waals surface area contributed by atoms with Crippen LogP contribution in [0.15, 0.2) is 17.2 Å². The number of nitrogens with zero attached hydrogens (tertiary/aromatic N) is 1. The molecule has 0 radical (unpaired) electrons. The maximum absolute atomic E-state index is 11.2. The molecule has 0 aromatic carbocycles. The predicted molar refractivity (Wildman–Crippen MR) is 52.7 cm³/mol. The smallest absolute Gasteiger partial charge is 0.204 e. The molecule has 0 spiro atoms. The molecule has 0 N–H and O–H groups in total. The first-order valence-electron chi connectivity index (χ1n) is 3.59. The van der Waals surface area contributed by atoms with E-state index < -0.39 is 0 Å². The lowest BCUT2D eigenvalue weighted by Gasteiger charge is -2.07. The van der Waals surface area contributed by atoms with Crippen LogP contribution in [0.2, 0.25) is 0 Å². The molecule has 64 valence electrons. The average molecular weight is 228 g/mol. The van der Waals surface area contributed by atoms with Gasteiger partial charge in [-0.05, 0) is 28.4 Å². The van der Waals surface area contributed by atoms with Gasteiger partial charge in [-0.2, -0.15) is 4.73 Å². The molecule has 2 nitrogen and oxygen atoms in total. The van der Waals surface area contributed by atoms with E-state index in [9.17, 15) is 5.21 Å². The van der Waals surface area contributed by atoms with E-state index in [1.807, 2.05) is 6.92 Å². The number of pyridine rings is 1. The van der Waals surface area contributed by atoms with E-state index in [2.05, 4.69) is 22.5 Å². The minimum Gasteiger partial charge on any atom is -0.618 e. The third-order valence-electron chi connectivity index (χ3n) is 1.89. The average Bonchev–Trinajstić information content (AvgIpc) is 2.08. The zero-order chi connectivity index (χ0) is 9.30. The Kier molecular flexibility index (Phi) is 2.52. The molecule has 0 saturated carbocycles. The fraction of sp³-hybridized carbons (Fsp3) is 0.222. The van der Waals surface area contributed by atoms with Crippen molar-refractivity contribution in [3.63, 3.8) is 0 Å². The van der Waals surface area contributed by atoms with E-state index in [0.29, 0.717) is 5.69 Å². The second-order valence-corrected chi connectivity index (χ2v) is 3.43. The molecule has 12 heavy (non-hydrogen) atoms. The minimum atomic E-state index is 0.679. The van der Waals surface area contributed by atoms with E-state index in [4.69, 9.17) is 0 Å². The highest BCUT2D eigenvalue weighted by Crippen LogP contribution is 2.21. The topological polar surface area (TPSA) is 26.9 Å². The fourth-order valence-corrected chi connectivity index (χ4v) is 1.42. The summed E-state index contributed by atoms with van der Waals surface area (Å²) < 4.78 is 1.70. The SMILES string of the molecule is C=Cc1c[n+]([O-])c(C)c(Br)c1C. The lowest BCUT2D eigenvalue weighted by atomic mass is 10.1. The number of rotatable bonds is 1. The van der Waals surface area contributed by atoms with Crippen LogP contribution in [-0.4, -0.2) is 0 Å². The van der Waals surface area contributed by atoms with Gasteiger partial charge >= 0.3 is 0 Å². The molecule has 0 saturated heterocycles. The molecule has 0 bridgehead atoms. The predicted octanol–water partition coefficient (Wildman–Crippen LogP) is 2.34. The fourth-order valence-electron chi connectivity index (χ4n) is 1.02. The zero-order valence-electron chi connectivity index (χ0n) is 7.10. The molecule has 1 heterocycles. The van der Waals surface area contributed by atoms with Gasteiger partial charge in [0.25, 0.3) is 0 Å². The highest BCUT2D eigenvalue weighted by molar-refractivity contribution is 9.10. The number of hydrogen-bond acceptors (Lipinski definition) is 1. The molecule has 0 amide bonds. The second kappa shape index (κ2) is 3.27. The van der Waals surface area contributed by atoms with Gasteiger partial charge in [-0.25, -0.2) is 0 Å². The van der Waals surface area contributed by atoms with Gasteiger partial charge in [-0.3, -0.25) is 0 Å². The summed E-state index contributed by atoms with van der Waals surface area (Å²) in [6, 6.07) is 0. The Morgan fingerprint density at radius 2 is 2.17 bits per heavy atom. The monoisotopic (exact) mass is 227 g/mol. The largest absolute Gasteiger partial charge is 0.618 e. The standard InChI is InChI=1S/C9H10BrNO/c1-4-8-5-11(12)7(3)9(10)6(8)2/h4-5H,1H2,2-3H3. The van der Waals surface area contributed by atoms with Gasteiger partial charge in [0.15, 0.2) is 6.20 Å². The van der Waals surface area contributed by atoms with E-state index in [1.54, 1.807) is 13.0 Å². The van der Waals surface area contributed by atoms with Crippen molar-refractivity contribution in [2.75, 3.05) is 0 Å². The molecule has 0 aliphatic rings. The van der Waals surface area contributed by atoms with Crippen LogP contribution in [0.5, 0.6) is 0 Å². The summed E-state index contributed by atoms with van der Waals surface area (Å²) in [5.41, 5.74) is 2.59. The van der Waals surface area contributed by atoms with Crippen molar-refractivity contribution in [3.8, 4) is 0 Å². The zero-order valence-corrected chi connectivity index (χ0v) is 8.68. The number of halogens is 1. The first kappa shape index (κ1) is 9.26. The maximum Gasteiger partial charge on any atom is 0.204 e. The first-order valence-corrected chi connectivity index (χ1v) is 4.38. The van der Waals surface area contributed by atoms with E-state index >= 15 is 0 Å². The Morgan fingerprint density at radius 3 is 2.67 bits per heavy atom. The minimum absolute atomic E-state index is 0.679. The Hall–Kier alpha value is -0.830. The molecule has 1 rings (SSSR count). The molecule has 0 atom stereocenters. The van der Waals surface area contributed by atoms with Crippen LogP contribution in [0, 0.1) is 19.1 Å². The third kappa shape index (κ3) is 1.37. The summed E-state index contributed by atoms with van der Waals surface area (Å²) in [7, 11) is 0. The third-order valence-corrected chi connectivity index (χ3v) is 3.06. The van der Waals surface area contributed by atoms with Gasteiger partial charge < -0.3 is 5.21 Å². The summed E-state index contributed by atoms with van der Waals surface area (Å²) in [4.78, 5) is 0. The maximum atomic E-state index is 11.2. The summed E-state index contributed by atoms with van der Waals surface area (Å²) in [5.74, 6) is 0. The Bertz CT molecular complexity index is 334.